The van der Waals surface area contributed by atoms with E-state index in [1.165, 1.54) is 0 Å². The summed E-state index contributed by atoms with van der Waals surface area (Å²) in [5, 5.41) is 14.1. The third-order valence-electron chi connectivity index (χ3n) is 2.88. The highest BCUT2D eigenvalue weighted by Crippen LogP contribution is 2.31. The second-order valence-electron chi connectivity index (χ2n) is 4.13. The van der Waals surface area contributed by atoms with E-state index < -0.39 is 0 Å². The Balaban J connectivity index is 2.44. The summed E-state index contributed by atoms with van der Waals surface area (Å²) in [5.41, 5.74) is 1.99. The predicted molar refractivity (Wildman–Crippen MR) is 67.4 cm³/mol. The van der Waals surface area contributed by atoms with Gasteiger partial charge in [0.25, 0.3) is 0 Å². The average molecular weight is 217 g/mol. The second-order valence-corrected chi connectivity index (χ2v) is 4.13. The first-order chi connectivity index (χ1) is 7.68. The number of allylic oxidation sites excluding steroid dienone is 1. The van der Waals surface area contributed by atoms with E-state index >= 15 is 0 Å². The number of hydrogen-bond acceptors (Lipinski definition) is 2. The molecule has 0 fully saturated rings. The van der Waals surface area contributed by atoms with E-state index in [1.807, 2.05) is 31.3 Å². The minimum atomic E-state index is 0.338. The van der Waals surface area contributed by atoms with Crippen LogP contribution in [0.5, 0.6) is 5.75 Å². The van der Waals surface area contributed by atoms with Gasteiger partial charge < -0.3 is 5.11 Å². The third-order valence-corrected chi connectivity index (χ3v) is 2.88. The highest BCUT2D eigenvalue weighted by Gasteiger charge is 2.29. The van der Waals surface area contributed by atoms with E-state index in [2.05, 4.69) is 18.2 Å². The fourth-order valence-corrected chi connectivity index (χ4v) is 2.01. The molecule has 0 spiro atoms. The van der Waals surface area contributed by atoms with E-state index in [4.69, 9.17) is 0 Å². The normalized spacial score (nSPS) is 22.9. The van der Waals surface area contributed by atoms with Crippen LogP contribution in [-0.2, 0) is 0 Å². The lowest BCUT2D eigenvalue weighted by Gasteiger charge is -2.25. The Morgan fingerprint density at radius 3 is 2.75 bits per heavy atom. The van der Waals surface area contributed by atoms with Crippen LogP contribution in [0.3, 0.4) is 0 Å². The molecule has 1 aromatic carbocycles. The fourth-order valence-electron chi connectivity index (χ4n) is 2.01. The van der Waals surface area contributed by atoms with Crippen LogP contribution in [-0.4, -0.2) is 17.9 Å². The summed E-state index contributed by atoms with van der Waals surface area (Å²) in [7, 11) is 0. The predicted octanol–water partition coefficient (Wildman–Crippen LogP) is 2.93. The number of phenolic OH excluding ortho intramolecular Hbond substituents is 1. The summed E-state index contributed by atoms with van der Waals surface area (Å²) in [6, 6.07) is 5.67. The Hall–Kier alpha value is -1.61. The Morgan fingerprint density at radius 1 is 1.38 bits per heavy atom. The minimum Gasteiger partial charge on any atom is -0.508 e. The van der Waals surface area contributed by atoms with Crippen molar-refractivity contribution in [1.82, 2.24) is 4.59 Å². The number of aromatic hydroxyl groups is 1. The molecule has 16 heavy (non-hydrogen) atoms. The number of quaternary nitrogens is 1. The second kappa shape index (κ2) is 4.10. The standard InChI is InChI=1S/C13H16N2O/c1-3-8-15(9-4-7-14-15)12-5-6-13(16)11(2)10-12/h4-7,9-10H,3,8H2,1-2H3/p+1. The van der Waals surface area contributed by atoms with Crippen molar-refractivity contribution in [1.29, 1.82) is 0 Å². The van der Waals surface area contributed by atoms with E-state index in [-0.39, 0.29) is 0 Å². The third kappa shape index (κ3) is 1.74. The first kappa shape index (κ1) is 10.9. The highest BCUT2D eigenvalue weighted by molar-refractivity contribution is 5.75. The van der Waals surface area contributed by atoms with Crippen molar-refractivity contribution < 1.29 is 5.11 Å². The Labute approximate surface area is 95.9 Å². The quantitative estimate of drug-likeness (QED) is 0.776. The lowest BCUT2D eigenvalue weighted by atomic mass is 10.2. The Bertz CT molecular complexity index is 437. The molecule has 0 saturated carbocycles. The molecule has 1 atom stereocenters. The highest BCUT2D eigenvalue weighted by atomic mass is 16.3. The number of rotatable bonds is 3. The largest absolute Gasteiger partial charge is 0.508 e. The number of hydrogen-bond donors (Lipinski definition) is 1. The van der Waals surface area contributed by atoms with E-state index in [0.717, 1.165) is 24.2 Å². The van der Waals surface area contributed by atoms with Crippen LogP contribution in [0.1, 0.15) is 18.9 Å². The van der Waals surface area contributed by atoms with Gasteiger partial charge in [0.15, 0.2) is 5.69 Å². The van der Waals surface area contributed by atoms with Crippen molar-refractivity contribution in [3.05, 3.63) is 36.0 Å². The average Bonchev–Trinajstić information content (AvgIpc) is 2.72. The molecule has 0 bridgehead atoms. The van der Waals surface area contributed by atoms with Crippen LogP contribution in [0.2, 0.25) is 0 Å². The van der Waals surface area contributed by atoms with Crippen LogP contribution in [0.25, 0.3) is 0 Å². The van der Waals surface area contributed by atoms with Crippen molar-refractivity contribution in [3.8, 4) is 5.75 Å². The zero-order chi connectivity index (χ0) is 11.6. The molecule has 1 aromatic rings. The maximum absolute atomic E-state index is 9.54. The molecule has 0 aromatic heterocycles. The van der Waals surface area contributed by atoms with Crippen molar-refractivity contribution in [2.24, 2.45) is 5.10 Å². The van der Waals surface area contributed by atoms with Gasteiger partial charge in [-0.05, 0) is 25.0 Å². The number of benzene rings is 1. The SMILES string of the molecule is CCC[N+]1(c2ccc(O)c(C)c2)C=CC=N1. The van der Waals surface area contributed by atoms with Gasteiger partial charge in [-0.1, -0.05) is 12.0 Å². The van der Waals surface area contributed by atoms with Gasteiger partial charge in [-0.2, -0.15) is 0 Å². The van der Waals surface area contributed by atoms with Crippen molar-refractivity contribution in [2.45, 2.75) is 20.3 Å². The summed E-state index contributed by atoms with van der Waals surface area (Å²) < 4.78 is 0.512. The van der Waals surface area contributed by atoms with E-state index in [0.29, 0.717) is 10.3 Å². The van der Waals surface area contributed by atoms with Gasteiger partial charge in [0.05, 0.1) is 6.21 Å². The van der Waals surface area contributed by atoms with Crippen LogP contribution in [0.15, 0.2) is 35.6 Å². The minimum absolute atomic E-state index is 0.338. The Morgan fingerprint density at radius 2 is 2.19 bits per heavy atom. The van der Waals surface area contributed by atoms with Gasteiger partial charge >= 0.3 is 0 Å². The molecule has 3 nitrogen and oxygen atoms in total. The maximum atomic E-state index is 9.54. The van der Waals surface area contributed by atoms with Gasteiger partial charge in [-0.25, -0.2) is 0 Å². The molecule has 1 unspecified atom stereocenters. The van der Waals surface area contributed by atoms with Gasteiger partial charge in [0, 0.05) is 18.2 Å². The molecule has 1 N–H and O–H groups in total. The lowest BCUT2D eigenvalue weighted by Crippen LogP contribution is -2.36. The van der Waals surface area contributed by atoms with Crippen molar-refractivity contribution >= 4 is 11.9 Å². The molecule has 1 aliphatic rings. The summed E-state index contributed by atoms with van der Waals surface area (Å²) in [5.74, 6) is 0.338. The molecular formula is C13H17N2O+. The number of aryl methyl sites for hydroxylation is 1. The van der Waals surface area contributed by atoms with E-state index in [9.17, 15) is 5.11 Å². The summed E-state index contributed by atoms with van der Waals surface area (Å²) in [6.45, 7) is 5.00. The van der Waals surface area contributed by atoms with Crippen LogP contribution >= 0.6 is 0 Å². The zero-order valence-corrected chi connectivity index (χ0v) is 9.72. The topological polar surface area (TPSA) is 32.6 Å². The molecule has 0 aliphatic carbocycles. The van der Waals surface area contributed by atoms with Gasteiger partial charge in [0.2, 0.25) is 0 Å². The molecule has 0 amide bonds. The summed E-state index contributed by atoms with van der Waals surface area (Å²) >= 11 is 0. The number of phenols is 1. The van der Waals surface area contributed by atoms with Crippen LogP contribution < -0.4 is 4.59 Å². The lowest BCUT2D eigenvalue weighted by molar-refractivity contribution is 0.396. The molecule has 0 radical (unpaired) electrons. The zero-order valence-electron chi connectivity index (χ0n) is 9.72. The monoisotopic (exact) mass is 217 g/mol. The first-order valence-electron chi connectivity index (χ1n) is 5.59. The first-order valence-corrected chi connectivity index (χ1v) is 5.59. The molecule has 3 heteroatoms. The molecule has 1 aliphatic heterocycles. The fraction of sp³-hybridized carbons (Fsp3) is 0.308. The molecule has 0 saturated heterocycles. The van der Waals surface area contributed by atoms with Gasteiger partial charge in [0.1, 0.15) is 18.5 Å². The van der Waals surface area contributed by atoms with Crippen molar-refractivity contribution in [2.75, 3.05) is 6.54 Å². The summed E-state index contributed by atoms with van der Waals surface area (Å²) in [4.78, 5) is 0. The smallest absolute Gasteiger partial charge is 0.164 e. The molecule has 84 valence electrons. The summed E-state index contributed by atoms with van der Waals surface area (Å²) in [6.07, 6.45) is 6.94. The number of nitrogens with zero attached hydrogens (tertiary/aromatic N) is 2. The van der Waals surface area contributed by atoms with Crippen LogP contribution in [0.4, 0.5) is 5.69 Å². The molecular weight excluding hydrogens is 200 g/mol. The maximum Gasteiger partial charge on any atom is 0.164 e. The van der Waals surface area contributed by atoms with Crippen LogP contribution in [0, 0.1) is 6.92 Å². The van der Waals surface area contributed by atoms with E-state index in [1.54, 1.807) is 6.07 Å². The van der Waals surface area contributed by atoms with Gasteiger partial charge in [-0.3, -0.25) is 0 Å². The molecule has 2 rings (SSSR count). The Kier molecular flexibility index (Phi) is 2.79. The van der Waals surface area contributed by atoms with Gasteiger partial charge in [-0.15, -0.1) is 4.59 Å². The molecule has 1 heterocycles. The van der Waals surface area contributed by atoms with Crippen molar-refractivity contribution in [3.63, 3.8) is 0 Å².